The smallest absolute Gasteiger partial charge is 0.146 e. The van der Waals surface area contributed by atoms with E-state index < -0.39 is 0 Å². The molecule has 4 heteroatoms. The summed E-state index contributed by atoms with van der Waals surface area (Å²) in [4.78, 5) is 4.78. The molecule has 1 atom stereocenters. The van der Waals surface area contributed by atoms with Crippen LogP contribution in [0.1, 0.15) is 43.0 Å². The maximum absolute atomic E-state index is 14.3. The van der Waals surface area contributed by atoms with Gasteiger partial charge in [0.25, 0.3) is 0 Å². The van der Waals surface area contributed by atoms with Crippen LogP contribution in [-0.2, 0) is 16.1 Å². The largest absolute Gasteiger partial charge is 0.359 e. The van der Waals surface area contributed by atoms with E-state index in [-0.39, 0.29) is 25.3 Å². The lowest BCUT2D eigenvalue weighted by atomic mass is 10.0. The summed E-state index contributed by atoms with van der Waals surface area (Å²) in [5.74, 6) is -0.280. The van der Waals surface area contributed by atoms with E-state index >= 15 is 0 Å². The maximum atomic E-state index is 14.3. The molecular weight excluding hydrogens is 305 g/mol. The molecule has 2 aromatic carbocycles. The second kappa shape index (κ2) is 9.30. The standard InChI is InChI=1S/C20H24FNO2/c1-4-20(22-15(2)16-8-6-5-7-9-16)17-10-11-18(19(21)12-17)13-24-14-23-3/h5-12,15H,4,13-14H2,1-3H3/t15-/m0/s1. The molecule has 2 aromatic rings. The number of halogens is 1. The van der Waals surface area contributed by atoms with Gasteiger partial charge in [0, 0.05) is 18.4 Å². The summed E-state index contributed by atoms with van der Waals surface area (Å²) in [6.07, 6.45) is 0.746. The van der Waals surface area contributed by atoms with Crippen molar-refractivity contribution in [1.82, 2.24) is 0 Å². The molecular formula is C20H24FNO2. The van der Waals surface area contributed by atoms with E-state index in [0.717, 1.165) is 23.3 Å². The van der Waals surface area contributed by atoms with Gasteiger partial charge in [0.15, 0.2) is 0 Å². The van der Waals surface area contributed by atoms with Gasteiger partial charge in [0.1, 0.15) is 12.6 Å². The van der Waals surface area contributed by atoms with Crippen molar-refractivity contribution >= 4 is 5.71 Å². The molecule has 0 aliphatic rings. The van der Waals surface area contributed by atoms with E-state index in [1.165, 1.54) is 13.2 Å². The minimum atomic E-state index is -0.280. The number of hydrogen-bond acceptors (Lipinski definition) is 3. The quantitative estimate of drug-likeness (QED) is 0.391. The third-order valence-electron chi connectivity index (χ3n) is 3.81. The predicted octanol–water partition coefficient (Wildman–Crippen LogP) is 4.91. The van der Waals surface area contributed by atoms with E-state index in [2.05, 4.69) is 12.1 Å². The monoisotopic (exact) mass is 329 g/mol. The zero-order valence-electron chi connectivity index (χ0n) is 14.5. The normalized spacial score (nSPS) is 13.1. The van der Waals surface area contributed by atoms with Gasteiger partial charge in [0.2, 0.25) is 0 Å². The summed E-state index contributed by atoms with van der Waals surface area (Å²) in [6.45, 7) is 4.43. The van der Waals surface area contributed by atoms with E-state index in [1.807, 2.05) is 38.1 Å². The molecule has 0 aliphatic heterocycles. The van der Waals surface area contributed by atoms with Crippen LogP contribution >= 0.6 is 0 Å². The number of methoxy groups -OCH3 is 1. The van der Waals surface area contributed by atoms with Crippen LogP contribution in [0.2, 0.25) is 0 Å². The molecule has 0 saturated carbocycles. The first kappa shape index (κ1) is 18.3. The Morgan fingerprint density at radius 3 is 2.54 bits per heavy atom. The van der Waals surface area contributed by atoms with Gasteiger partial charge in [-0.2, -0.15) is 0 Å². The molecule has 0 bridgehead atoms. The van der Waals surface area contributed by atoms with Crippen LogP contribution in [-0.4, -0.2) is 19.6 Å². The first-order valence-electron chi connectivity index (χ1n) is 8.12. The Morgan fingerprint density at radius 1 is 1.17 bits per heavy atom. The molecule has 0 spiro atoms. The van der Waals surface area contributed by atoms with Crippen molar-refractivity contribution < 1.29 is 13.9 Å². The Hall–Kier alpha value is -2.04. The topological polar surface area (TPSA) is 30.8 Å². The lowest BCUT2D eigenvalue weighted by molar-refractivity contribution is -0.0398. The van der Waals surface area contributed by atoms with Crippen LogP contribution in [0.15, 0.2) is 53.5 Å². The summed E-state index contributed by atoms with van der Waals surface area (Å²) < 4.78 is 24.3. The Labute approximate surface area is 143 Å². The molecule has 0 heterocycles. The molecule has 0 saturated heterocycles. The van der Waals surface area contributed by atoms with Crippen LogP contribution < -0.4 is 0 Å². The zero-order chi connectivity index (χ0) is 17.4. The molecule has 3 nitrogen and oxygen atoms in total. The summed E-state index contributed by atoms with van der Waals surface area (Å²) in [6, 6.07) is 15.3. The molecule has 0 aliphatic carbocycles. The van der Waals surface area contributed by atoms with Gasteiger partial charge >= 0.3 is 0 Å². The number of nitrogens with zero attached hydrogens (tertiary/aromatic N) is 1. The summed E-state index contributed by atoms with van der Waals surface area (Å²) in [5.41, 5.74) is 3.37. The molecule has 0 amide bonds. The van der Waals surface area contributed by atoms with E-state index in [0.29, 0.717) is 5.56 Å². The van der Waals surface area contributed by atoms with E-state index in [4.69, 9.17) is 14.5 Å². The van der Waals surface area contributed by atoms with Crippen LogP contribution in [0.3, 0.4) is 0 Å². The molecule has 0 N–H and O–H groups in total. The first-order chi connectivity index (χ1) is 11.7. The lowest BCUT2D eigenvalue weighted by Crippen LogP contribution is -2.05. The first-order valence-corrected chi connectivity index (χ1v) is 8.12. The second-order valence-corrected chi connectivity index (χ2v) is 5.58. The summed E-state index contributed by atoms with van der Waals surface area (Å²) >= 11 is 0. The van der Waals surface area contributed by atoms with Crippen LogP contribution in [0, 0.1) is 5.82 Å². The highest BCUT2D eigenvalue weighted by molar-refractivity contribution is 6.00. The van der Waals surface area contributed by atoms with Gasteiger partial charge in [-0.1, -0.05) is 49.4 Å². The number of rotatable bonds is 8. The Balaban J connectivity index is 2.18. The molecule has 0 fully saturated rings. The Morgan fingerprint density at radius 2 is 1.92 bits per heavy atom. The molecule has 128 valence electrons. The van der Waals surface area contributed by atoms with Crippen molar-refractivity contribution in [3.63, 3.8) is 0 Å². The average molecular weight is 329 g/mol. The molecule has 24 heavy (non-hydrogen) atoms. The number of ether oxygens (including phenoxy) is 2. The Bertz CT molecular complexity index is 671. The van der Waals surface area contributed by atoms with Gasteiger partial charge in [-0.05, 0) is 30.5 Å². The summed E-state index contributed by atoms with van der Waals surface area (Å²) in [7, 11) is 1.54. The molecule has 2 rings (SSSR count). The molecule has 0 radical (unpaired) electrons. The van der Waals surface area contributed by atoms with Gasteiger partial charge in [-0.3, -0.25) is 4.99 Å². The minimum Gasteiger partial charge on any atom is -0.359 e. The summed E-state index contributed by atoms with van der Waals surface area (Å²) in [5, 5.41) is 0. The fourth-order valence-electron chi connectivity index (χ4n) is 2.49. The van der Waals surface area contributed by atoms with Gasteiger partial charge < -0.3 is 9.47 Å². The van der Waals surface area contributed by atoms with Gasteiger partial charge in [-0.15, -0.1) is 0 Å². The second-order valence-electron chi connectivity index (χ2n) is 5.58. The lowest BCUT2D eigenvalue weighted by Gasteiger charge is -2.12. The SMILES string of the molecule is CCC(=N[C@@H](C)c1ccccc1)c1ccc(COCOC)c(F)c1. The fraction of sp³-hybridized carbons (Fsp3) is 0.350. The fourth-order valence-corrected chi connectivity index (χ4v) is 2.49. The number of benzene rings is 2. The minimum absolute atomic E-state index is 0.0360. The third-order valence-corrected chi connectivity index (χ3v) is 3.81. The number of hydrogen-bond donors (Lipinski definition) is 0. The Kier molecular flexibility index (Phi) is 7.09. The highest BCUT2D eigenvalue weighted by Gasteiger charge is 2.10. The van der Waals surface area contributed by atoms with Gasteiger partial charge in [0.05, 0.1) is 12.6 Å². The van der Waals surface area contributed by atoms with Crippen molar-refractivity contribution in [3.8, 4) is 0 Å². The zero-order valence-corrected chi connectivity index (χ0v) is 14.5. The van der Waals surface area contributed by atoms with Crippen LogP contribution in [0.4, 0.5) is 4.39 Å². The van der Waals surface area contributed by atoms with Crippen molar-refractivity contribution in [3.05, 3.63) is 71.0 Å². The highest BCUT2D eigenvalue weighted by Crippen LogP contribution is 2.20. The van der Waals surface area contributed by atoms with Crippen molar-refractivity contribution in [2.24, 2.45) is 4.99 Å². The molecule has 0 aromatic heterocycles. The molecule has 0 unspecified atom stereocenters. The maximum Gasteiger partial charge on any atom is 0.146 e. The van der Waals surface area contributed by atoms with Crippen LogP contribution in [0.25, 0.3) is 0 Å². The van der Waals surface area contributed by atoms with Crippen molar-refractivity contribution in [2.45, 2.75) is 32.9 Å². The predicted molar refractivity (Wildman–Crippen MR) is 94.8 cm³/mol. The highest BCUT2D eigenvalue weighted by atomic mass is 19.1. The van der Waals surface area contributed by atoms with E-state index in [9.17, 15) is 4.39 Å². The van der Waals surface area contributed by atoms with Crippen molar-refractivity contribution in [2.75, 3.05) is 13.9 Å². The average Bonchev–Trinajstić information content (AvgIpc) is 2.61. The van der Waals surface area contributed by atoms with Crippen molar-refractivity contribution in [1.29, 1.82) is 0 Å². The van der Waals surface area contributed by atoms with Gasteiger partial charge in [-0.25, -0.2) is 4.39 Å². The third kappa shape index (κ3) is 4.98. The number of aliphatic imine (C=N–C) groups is 1. The van der Waals surface area contributed by atoms with Crippen LogP contribution in [0.5, 0.6) is 0 Å². The van der Waals surface area contributed by atoms with E-state index in [1.54, 1.807) is 6.07 Å².